The maximum Gasteiger partial charge on any atom is 0.282 e. The average Bonchev–Trinajstić information content (AvgIpc) is 3.81. The number of amides is 2. The zero-order chi connectivity index (χ0) is 38.9. The Labute approximate surface area is 318 Å². The Balaban J connectivity index is 1.19. The van der Waals surface area contributed by atoms with E-state index in [1.54, 1.807) is 26.0 Å². The topological polar surface area (TPSA) is 160 Å². The summed E-state index contributed by atoms with van der Waals surface area (Å²) in [6, 6.07) is 7.43. The number of fused-ring (bicyclic) bond motifs is 3. The van der Waals surface area contributed by atoms with Crippen LogP contribution in [0.5, 0.6) is 5.75 Å². The molecule has 5 heterocycles. The highest BCUT2D eigenvalue weighted by Gasteiger charge is 2.50. The van der Waals surface area contributed by atoms with Gasteiger partial charge in [0.2, 0.25) is 11.7 Å². The Morgan fingerprint density at radius 3 is 2.55 bits per heavy atom. The third-order valence-electron chi connectivity index (χ3n) is 10.5. The number of likely N-dealkylation sites (tertiary alicyclic amines) is 1. The average molecular weight is 774 g/mol. The van der Waals surface area contributed by atoms with E-state index in [4.69, 9.17) is 16.3 Å². The van der Waals surface area contributed by atoms with Gasteiger partial charge in [0.1, 0.15) is 30.1 Å². The van der Waals surface area contributed by atoms with E-state index >= 15 is 8.78 Å². The third-order valence-corrected chi connectivity index (χ3v) is 10.9. The van der Waals surface area contributed by atoms with Crippen LogP contribution < -0.4 is 10.9 Å². The van der Waals surface area contributed by atoms with E-state index < -0.39 is 47.3 Å². The molecule has 14 nitrogen and oxygen atoms in total. The monoisotopic (exact) mass is 773 g/mol. The van der Waals surface area contributed by atoms with Crippen molar-refractivity contribution in [2.75, 3.05) is 32.5 Å². The van der Waals surface area contributed by atoms with Crippen LogP contribution >= 0.6 is 11.6 Å². The molecule has 2 fully saturated rings. The summed E-state index contributed by atoms with van der Waals surface area (Å²) in [5, 5.41) is 17.9. The van der Waals surface area contributed by atoms with Crippen molar-refractivity contribution < 1.29 is 28.2 Å². The largest absolute Gasteiger partial charge is 0.504 e. The molecule has 1 saturated carbocycles. The molecule has 2 aliphatic heterocycles. The van der Waals surface area contributed by atoms with Gasteiger partial charge in [0.25, 0.3) is 11.5 Å². The fourth-order valence-electron chi connectivity index (χ4n) is 7.76. The highest BCUT2D eigenvalue weighted by Crippen LogP contribution is 2.48. The van der Waals surface area contributed by atoms with E-state index in [1.807, 2.05) is 19.0 Å². The lowest BCUT2D eigenvalue weighted by Crippen LogP contribution is -2.47. The number of aromatic nitrogens is 6. The molecule has 1 aliphatic carbocycles. The lowest BCUT2D eigenvalue weighted by Gasteiger charge is -2.39. The molecule has 0 bridgehead atoms. The number of halogens is 3. The number of benzene rings is 2. The standard InChI is InChI=1S/C38H38ClF2N9O5/c1-19-33(52)31(43-18-42-19)36(54)48-11-9-38(10-12-48)30-32(20(2)55-38)49(17-29(51)44-28-15-27(41)24(14-25(28)39)22-6-7-22)37-45-34(46-50(37)35(30)53)23-8-5-21(13-26(23)40)16-47(3)4/h5,8,13-15,18,20,22,52H,6-7,9-12,16-17H2,1-4H3,(H,44,51). The van der Waals surface area contributed by atoms with Crippen molar-refractivity contribution in [1.82, 2.24) is 38.9 Å². The number of piperidine rings is 1. The number of rotatable bonds is 8. The minimum absolute atomic E-state index is 0.0262. The molecular weight excluding hydrogens is 736 g/mol. The number of aromatic hydroxyl groups is 1. The van der Waals surface area contributed by atoms with Crippen molar-refractivity contribution in [3.63, 3.8) is 0 Å². The zero-order valence-electron chi connectivity index (χ0n) is 30.6. The van der Waals surface area contributed by atoms with Gasteiger partial charge in [-0.25, -0.2) is 18.7 Å². The smallest absolute Gasteiger partial charge is 0.282 e. The number of hydrogen-bond donors (Lipinski definition) is 2. The summed E-state index contributed by atoms with van der Waals surface area (Å²) >= 11 is 6.50. The van der Waals surface area contributed by atoms with E-state index in [-0.39, 0.29) is 82.4 Å². The van der Waals surface area contributed by atoms with Crippen LogP contribution in [0.25, 0.3) is 17.2 Å². The minimum Gasteiger partial charge on any atom is -0.504 e. The van der Waals surface area contributed by atoms with Gasteiger partial charge in [0, 0.05) is 19.6 Å². The molecule has 2 aromatic carbocycles. The quantitative estimate of drug-likeness (QED) is 0.217. The Hall–Kier alpha value is -5.32. The van der Waals surface area contributed by atoms with Gasteiger partial charge in [-0.15, -0.1) is 5.10 Å². The van der Waals surface area contributed by atoms with E-state index in [0.29, 0.717) is 17.8 Å². The fraction of sp³-hybridized carbons (Fsp3) is 0.395. The summed E-state index contributed by atoms with van der Waals surface area (Å²) in [6.07, 6.45) is 2.62. The number of carbonyl (C=O) groups excluding carboxylic acids is 2. The molecule has 3 aromatic heterocycles. The summed E-state index contributed by atoms with van der Waals surface area (Å²) in [5.74, 6) is -2.42. The fourth-order valence-corrected chi connectivity index (χ4v) is 7.98. The minimum atomic E-state index is -1.19. The molecule has 286 valence electrons. The van der Waals surface area contributed by atoms with Gasteiger partial charge in [0.05, 0.1) is 39.3 Å². The Morgan fingerprint density at radius 2 is 1.85 bits per heavy atom. The predicted octanol–water partition coefficient (Wildman–Crippen LogP) is 5.09. The summed E-state index contributed by atoms with van der Waals surface area (Å²) in [7, 11) is 3.74. The third kappa shape index (κ3) is 6.51. The molecule has 17 heteroatoms. The number of nitrogens with one attached hydrogen (secondary N) is 1. The second-order valence-corrected chi connectivity index (χ2v) is 15.1. The number of ether oxygens (including phenoxy) is 1. The Morgan fingerprint density at radius 1 is 1.11 bits per heavy atom. The van der Waals surface area contributed by atoms with Gasteiger partial charge >= 0.3 is 0 Å². The van der Waals surface area contributed by atoms with Crippen molar-refractivity contribution in [3.8, 4) is 17.1 Å². The normalized spacial score (nSPS) is 17.7. The van der Waals surface area contributed by atoms with Gasteiger partial charge in [-0.05, 0) is 94.9 Å². The van der Waals surface area contributed by atoms with Crippen LogP contribution in [-0.4, -0.2) is 83.0 Å². The van der Waals surface area contributed by atoms with Gasteiger partial charge in [0.15, 0.2) is 17.3 Å². The molecular formula is C38H38ClF2N9O5. The number of nitrogens with zero attached hydrogens (tertiary/aromatic N) is 8. The molecule has 1 unspecified atom stereocenters. The Bertz CT molecular complexity index is 2460. The van der Waals surface area contributed by atoms with Crippen LogP contribution in [0.4, 0.5) is 14.5 Å². The van der Waals surface area contributed by atoms with E-state index in [1.165, 1.54) is 34.0 Å². The lowest BCUT2D eigenvalue weighted by atomic mass is 9.85. The van der Waals surface area contributed by atoms with Crippen molar-refractivity contribution in [2.24, 2.45) is 0 Å². The van der Waals surface area contributed by atoms with Gasteiger partial charge in [-0.2, -0.15) is 9.50 Å². The zero-order valence-corrected chi connectivity index (χ0v) is 31.3. The molecule has 55 heavy (non-hydrogen) atoms. The highest BCUT2D eigenvalue weighted by molar-refractivity contribution is 6.33. The van der Waals surface area contributed by atoms with Crippen LogP contribution in [0.1, 0.15) is 83.2 Å². The van der Waals surface area contributed by atoms with E-state index in [0.717, 1.165) is 22.9 Å². The van der Waals surface area contributed by atoms with Crippen LogP contribution in [0, 0.1) is 18.6 Å². The van der Waals surface area contributed by atoms with Crippen LogP contribution in [0.2, 0.25) is 5.02 Å². The number of carbonyl (C=O) groups is 2. The molecule has 8 rings (SSSR count). The first-order valence-electron chi connectivity index (χ1n) is 18.0. The van der Waals surface area contributed by atoms with Crippen LogP contribution in [-0.2, 0) is 28.2 Å². The summed E-state index contributed by atoms with van der Waals surface area (Å²) in [6.45, 7) is 3.72. The van der Waals surface area contributed by atoms with Crippen molar-refractivity contribution >= 4 is 34.9 Å². The maximum atomic E-state index is 15.6. The van der Waals surface area contributed by atoms with Gasteiger partial charge in [-0.1, -0.05) is 17.7 Å². The highest BCUT2D eigenvalue weighted by atomic mass is 35.5. The maximum absolute atomic E-state index is 15.6. The molecule has 1 atom stereocenters. The lowest BCUT2D eigenvalue weighted by molar-refractivity contribution is -0.116. The second kappa shape index (κ2) is 13.8. The first kappa shape index (κ1) is 36.6. The van der Waals surface area contributed by atoms with Crippen LogP contribution in [0.3, 0.4) is 0 Å². The summed E-state index contributed by atoms with van der Waals surface area (Å²) < 4.78 is 39.8. The first-order chi connectivity index (χ1) is 26.2. The SMILES string of the molecule is Cc1ncnc(C(=O)N2CCC3(CC2)OC(C)c2c3c(=O)n3nc(-c4ccc(CN(C)C)cc4F)nc3n2CC(=O)Nc2cc(F)c(C3CC3)cc2Cl)c1O. The van der Waals surface area contributed by atoms with E-state index in [2.05, 4.69) is 25.4 Å². The molecule has 1 saturated heterocycles. The molecule has 5 aromatic rings. The number of aryl methyl sites for hydroxylation is 1. The van der Waals surface area contributed by atoms with Crippen molar-refractivity contribution in [1.29, 1.82) is 0 Å². The van der Waals surface area contributed by atoms with Crippen LogP contribution in [0.15, 0.2) is 41.5 Å². The van der Waals surface area contributed by atoms with E-state index in [9.17, 15) is 19.5 Å². The van der Waals surface area contributed by atoms with Crippen molar-refractivity contribution in [3.05, 3.63) is 97.4 Å². The van der Waals surface area contributed by atoms with Gasteiger partial charge < -0.3 is 29.5 Å². The van der Waals surface area contributed by atoms with Gasteiger partial charge in [-0.3, -0.25) is 14.4 Å². The number of hydrogen-bond acceptors (Lipinski definition) is 10. The Kier molecular flexibility index (Phi) is 9.17. The van der Waals surface area contributed by atoms with Crippen molar-refractivity contribution in [2.45, 2.75) is 70.2 Å². The second-order valence-electron chi connectivity index (χ2n) is 14.7. The molecule has 3 aliphatic rings. The summed E-state index contributed by atoms with van der Waals surface area (Å²) in [5.41, 5.74) is 0.403. The molecule has 2 N–H and O–H groups in total. The molecule has 1 spiro atoms. The predicted molar refractivity (Wildman–Crippen MR) is 197 cm³/mol. The summed E-state index contributed by atoms with van der Waals surface area (Å²) in [4.78, 5) is 57.7. The number of anilines is 1. The molecule has 2 amide bonds. The molecule has 0 radical (unpaired) electrons. The first-order valence-corrected chi connectivity index (χ1v) is 18.4.